The van der Waals surface area contributed by atoms with E-state index < -0.39 is 0 Å². The predicted octanol–water partition coefficient (Wildman–Crippen LogP) is 3.11. The fraction of sp³-hybridized carbons (Fsp3) is 0.917. The van der Waals surface area contributed by atoms with Crippen LogP contribution in [0.2, 0.25) is 0 Å². The highest BCUT2D eigenvalue weighted by Crippen LogP contribution is 2.21. The summed E-state index contributed by atoms with van der Waals surface area (Å²) in [5.74, 6) is 0.948. The zero-order chi connectivity index (χ0) is 9.52. The molecule has 0 spiro atoms. The zero-order valence-corrected chi connectivity index (χ0v) is 9.26. The average molecular weight is 182 g/mol. The molecule has 0 heterocycles. The van der Waals surface area contributed by atoms with Crippen LogP contribution in [0.5, 0.6) is 0 Å². The van der Waals surface area contributed by atoms with Crippen LogP contribution >= 0.6 is 0 Å². The van der Waals surface area contributed by atoms with Crippen LogP contribution < -0.4 is 0 Å². The van der Waals surface area contributed by atoms with E-state index in [2.05, 4.69) is 25.4 Å². The van der Waals surface area contributed by atoms with Crippen molar-refractivity contribution < 1.29 is 0 Å². The minimum absolute atomic E-state index is 0.948. The fourth-order valence-corrected chi connectivity index (χ4v) is 2.24. The van der Waals surface area contributed by atoms with Crippen LogP contribution in [0.3, 0.4) is 0 Å². The van der Waals surface area contributed by atoms with Crippen molar-refractivity contribution in [3.05, 3.63) is 6.42 Å². The van der Waals surface area contributed by atoms with Crippen molar-refractivity contribution >= 4 is 0 Å². The molecule has 13 heavy (non-hydrogen) atoms. The third kappa shape index (κ3) is 5.30. The molecule has 1 radical (unpaired) electrons. The molecule has 1 nitrogen and oxygen atoms in total. The highest BCUT2D eigenvalue weighted by atomic mass is 15.1. The van der Waals surface area contributed by atoms with Gasteiger partial charge in [-0.3, -0.25) is 0 Å². The lowest BCUT2D eigenvalue weighted by Gasteiger charge is -2.20. The quantitative estimate of drug-likeness (QED) is 0.634. The van der Waals surface area contributed by atoms with Gasteiger partial charge in [-0.15, -0.1) is 0 Å². The van der Waals surface area contributed by atoms with Gasteiger partial charge in [0.25, 0.3) is 0 Å². The van der Waals surface area contributed by atoms with E-state index in [0.29, 0.717) is 0 Å². The van der Waals surface area contributed by atoms with Crippen LogP contribution in [0.4, 0.5) is 0 Å². The van der Waals surface area contributed by atoms with Gasteiger partial charge in [-0.1, -0.05) is 25.7 Å². The summed E-state index contributed by atoms with van der Waals surface area (Å²) < 4.78 is 0. The Hall–Kier alpha value is -0.0400. The standard InChI is InChI=1S/C12H24N/c1-13(2)11-12-9-7-5-3-4-6-8-10-12/h5,12H,3-4,6-11H2,1-2H3. The van der Waals surface area contributed by atoms with Crippen LogP contribution in [-0.2, 0) is 0 Å². The topological polar surface area (TPSA) is 3.24 Å². The predicted molar refractivity (Wildman–Crippen MR) is 58.7 cm³/mol. The molecule has 0 aromatic heterocycles. The third-order valence-corrected chi connectivity index (χ3v) is 2.92. The summed E-state index contributed by atoms with van der Waals surface area (Å²) in [6.45, 7) is 1.29. The molecular weight excluding hydrogens is 158 g/mol. The molecule has 0 amide bonds. The molecule has 1 saturated carbocycles. The number of nitrogens with zero attached hydrogens (tertiary/aromatic N) is 1. The van der Waals surface area contributed by atoms with Gasteiger partial charge in [0.15, 0.2) is 0 Å². The van der Waals surface area contributed by atoms with Crippen molar-refractivity contribution in [2.75, 3.05) is 20.6 Å². The summed E-state index contributed by atoms with van der Waals surface area (Å²) >= 11 is 0. The van der Waals surface area contributed by atoms with Crippen molar-refractivity contribution in [1.82, 2.24) is 4.90 Å². The minimum atomic E-state index is 0.948. The highest BCUT2D eigenvalue weighted by Gasteiger charge is 2.10. The third-order valence-electron chi connectivity index (χ3n) is 2.92. The smallest absolute Gasteiger partial charge is 0.000356 e. The number of hydrogen-bond donors (Lipinski definition) is 0. The Bertz CT molecular complexity index is 110. The first-order valence-electron chi connectivity index (χ1n) is 5.75. The second-order valence-corrected chi connectivity index (χ2v) is 4.63. The molecule has 1 aliphatic rings. The van der Waals surface area contributed by atoms with E-state index in [1.807, 2.05) is 0 Å². The summed E-state index contributed by atoms with van der Waals surface area (Å²) in [6, 6.07) is 0. The Kier molecular flexibility index (Phi) is 5.45. The molecule has 1 heteroatoms. The van der Waals surface area contributed by atoms with Gasteiger partial charge in [-0.05, 0) is 45.7 Å². The van der Waals surface area contributed by atoms with Crippen molar-refractivity contribution in [3.8, 4) is 0 Å². The molecule has 0 saturated heterocycles. The summed E-state index contributed by atoms with van der Waals surface area (Å²) in [5.41, 5.74) is 0. The summed E-state index contributed by atoms with van der Waals surface area (Å²) in [7, 11) is 4.38. The van der Waals surface area contributed by atoms with Gasteiger partial charge in [0.05, 0.1) is 0 Å². The lowest BCUT2D eigenvalue weighted by molar-refractivity contribution is 0.295. The van der Waals surface area contributed by atoms with E-state index >= 15 is 0 Å². The second kappa shape index (κ2) is 6.42. The Labute approximate surface area is 83.5 Å². The zero-order valence-electron chi connectivity index (χ0n) is 9.26. The first-order chi connectivity index (χ1) is 6.29. The number of rotatable bonds is 2. The fourth-order valence-electron chi connectivity index (χ4n) is 2.24. The van der Waals surface area contributed by atoms with Gasteiger partial charge in [0.1, 0.15) is 0 Å². The molecule has 1 unspecified atom stereocenters. The van der Waals surface area contributed by atoms with Gasteiger partial charge in [-0.25, -0.2) is 0 Å². The average Bonchev–Trinajstić information content (AvgIpc) is 2.17. The maximum Gasteiger partial charge on any atom is 0.000356 e. The van der Waals surface area contributed by atoms with E-state index in [1.54, 1.807) is 0 Å². The van der Waals surface area contributed by atoms with Gasteiger partial charge in [0, 0.05) is 6.54 Å². The molecular formula is C12H24N. The first kappa shape index (κ1) is 11.0. The van der Waals surface area contributed by atoms with E-state index in [0.717, 1.165) is 5.92 Å². The van der Waals surface area contributed by atoms with Crippen LogP contribution in [-0.4, -0.2) is 25.5 Å². The second-order valence-electron chi connectivity index (χ2n) is 4.63. The van der Waals surface area contributed by atoms with Crippen LogP contribution in [0.1, 0.15) is 44.9 Å². The van der Waals surface area contributed by atoms with Crippen LogP contribution in [0, 0.1) is 12.3 Å². The molecule has 1 fully saturated rings. The molecule has 1 atom stereocenters. The molecule has 0 aromatic rings. The Morgan fingerprint density at radius 2 is 1.92 bits per heavy atom. The molecule has 0 bridgehead atoms. The Balaban J connectivity index is 2.24. The van der Waals surface area contributed by atoms with E-state index in [-0.39, 0.29) is 0 Å². The highest BCUT2D eigenvalue weighted by molar-refractivity contribution is 4.72. The molecule has 0 aliphatic heterocycles. The summed E-state index contributed by atoms with van der Waals surface area (Å²) in [5, 5.41) is 0. The lowest BCUT2D eigenvalue weighted by atomic mass is 9.97. The van der Waals surface area contributed by atoms with Crippen molar-refractivity contribution in [1.29, 1.82) is 0 Å². The van der Waals surface area contributed by atoms with Crippen LogP contribution in [0.25, 0.3) is 0 Å². The lowest BCUT2D eigenvalue weighted by Crippen LogP contribution is -2.21. The monoisotopic (exact) mass is 182 g/mol. The SMILES string of the molecule is CN(C)CC1CC[CH]CCCCC1. The minimum Gasteiger partial charge on any atom is -0.309 e. The molecule has 1 aliphatic carbocycles. The molecule has 77 valence electrons. The maximum absolute atomic E-state index is 2.49. The molecule has 0 aromatic carbocycles. The van der Waals surface area contributed by atoms with E-state index in [9.17, 15) is 0 Å². The van der Waals surface area contributed by atoms with Crippen molar-refractivity contribution in [2.24, 2.45) is 5.92 Å². The van der Waals surface area contributed by atoms with Crippen molar-refractivity contribution in [3.63, 3.8) is 0 Å². The van der Waals surface area contributed by atoms with Gasteiger partial charge < -0.3 is 4.90 Å². The van der Waals surface area contributed by atoms with E-state index in [1.165, 1.54) is 51.5 Å². The Morgan fingerprint density at radius 1 is 1.08 bits per heavy atom. The van der Waals surface area contributed by atoms with Gasteiger partial charge >= 0.3 is 0 Å². The summed E-state index contributed by atoms with van der Waals surface area (Å²) in [4.78, 5) is 2.34. The normalized spacial score (nSPS) is 22.4. The van der Waals surface area contributed by atoms with Gasteiger partial charge in [-0.2, -0.15) is 0 Å². The summed E-state index contributed by atoms with van der Waals surface area (Å²) in [6.07, 6.45) is 12.4. The Morgan fingerprint density at radius 3 is 2.69 bits per heavy atom. The van der Waals surface area contributed by atoms with Crippen molar-refractivity contribution in [2.45, 2.75) is 44.9 Å². The maximum atomic E-state index is 2.49. The molecule has 1 rings (SSSR count). The number of hydrogen-bond acceptors (Lipinski definition) is 1. The molecule has 0 N–H and O–H groups in total. The van der Waals surface area contributed by atoms with Crippen LogP contribution in [0.15, 0.2) is 0 Å². The van der Waals surface area contributed by atoms with Gasteiger partial charge in [0.2, 0.25) is 0 Å². The first-order valence-corrected chi connectivity index (χ1v) is 5.75. The van der Waals surface area contributed by atoms with E-state index in [4.69, 9.17) is 0 Å². The largest absolute Gasteiger partial charge is 0.309 e.